The lowest BCUT2D eigenvalue weighted by Crippen LogP contribution is -2.52. The molecule has 0 unspecified atom stereocenters. The van der Waals surface area contributed by atoms with Gasteiger partial charge in [0.2, 0.25) is 0 Å². The topological polar surface area (TPSA) is 21.7 Å². The Bertz CT molecular complexity index is 504. The third-order valence-electron chi connectivity index (χ3n) is 5.38. The molecule has 0 N–H and O–H groups in total. The fourth-order valence-electron chi connectivity index (χ4n) is 4.19. The summed E-state index contributed by atoms with van der Waals surface area (Å²) in [5.74, 6) is 0. The molecule has 1 fully saturated rings. The molecule has 2 aliphatic rings. The van der Waals surface area contributed by atoms with E-state index in [0.29, 0.717) is 0 Å². The minimum Gasteiger partial charge on any atom is -0.355 e. The van der Waals surface area contributed by atoms with Gasteiger partial charge < -0.3 is 14.4 Å². The van der Waals surface area contributed by atoms with Gasteiger partial charge in [0.25, 0.3) is 0 Å². The third-order valence-corrected chi connectivity index (χ3v) is 5.38. The molecular formula is C20H31NO2. The lowest BCUT2D eigenvalue weighted by Gasteiger charge is -2.48. The first-order chi connectivity index (χ1) is 11.3. The molecule has 1 aromatic rings. The Morgan fingerprint density at radius 3 is 2.96 bits per heavy atom. The highest BCUT2D eigenvalue weighted by molar-refractivity contribution is 5.35. The molecule has 0 aliphatic carbocycles. The first-order valence-corrected chi connectivity index (χ1v) is 9.29. The fraction of sp³-hybridized carbons (Fsp3) is 0.700. The van der Waals surface area contributed by atoms with Crippen molar-refractivity contribution in [1.29, 1.82) is 0 Å². The minimum atomic E-state index is -0.168. The van der Waals surface area contributed by atoms with Gasteiger partial charge in [-0.2, -0.15) is 0 Å². The van der Waals surface area contributed by atoms with Gasteiger partial charge in [-0.25, -0.2) is 0 Å². The monoisotopic (exact) mass is 317 g/mol. The third kappa shape index (κ3) is 3.78. The number of likely N-dealkylation sites (tertiary alicyclic amines) is 1. The van der Waals surface area contributed by atoms with Crippen molar-refractivity contribution in [2.45, 2.75) is 63.8 Å². The van der Waals surface area contributed by atoms with Crippen molar-refractivity contribution in [3.8, 4) is 0 Å². The highest BCUT2D eigenvalue weighted by Crippen LogP contribution is 2.42. The number of nitrogens with zero attached hydrogens (tertiary/aromatic N) is 1. The molecule has 128 valence electrons. The Labute approximate surface area is 141 Å². The Morgan fingerprint density at radius 1 is 1.26 bits per heavy atom. The molecule has 0 saturated carbocycles. The summed E-state index contributed by atoms with van der Waals surface area (Å²) in [4.78, 5) is 2.61. The maximum atomic E-state index is 6.48. The van der Waals surface area contributed by atoms with E-state index in [9.17, 15) is 0 Å². The van der Waals surface area contributed by atoms with Crippen LogP contribution >= 0.6 is 0 Å². The van der Waals surface area contributed by atoms with Gasteiger partial charge in [0.15, 0.2) is 6.29 Å². The second-order valence-corrected chi connectivity index (χ2v) is 7.08. The van der Waals surface area contributed by atoms with Crippen molar-refractivity contribution < 1.29 is 9.47 Å². The summed E-state index contributed by atoms with van der Waals surface area (Å²) in [6, 6.07) is 8.79. The number of unbranched alkanes of at least 4 members (excludes halogenated alkanes) is 3. The fourth-order valence-corrected chi connectivity index (χ4v) is 4.19. The summed E-state index contributed by atoms with van der Waals surface area (Å²) in [7, 11) is 1.76. The van der Waals surface area contributed by atoms with Crippen molar-refractivity contribution in [3.63, 3.8) is 0 Å². The summed E-state index contributed by atoms with van der Waals surface area (Å²) >= 11 is 0. The van der Waals surface area contributed by atoms with Crippen LogP contribution < -0.4 is 0 Å². The average Bonchev–Trinajstić information content (AvgIpc) is 2.59. The van der Waals surface area contributed by atoms with E-state index in [2.05, 4.69) is 36.1 Å². The standard InChI is InChI=1S/C20H31NO2/c1-3-4-5-8-13-21-14-9-12-20(16-21)18-11-7-6-10-17(18)15-19(22-2)23-20/h6-7,10-11,19H,3-5,8-9,12-16H2,1-2H3/t19-,20-/m0/s1. The van der Waals surface area contributed by atoms with E-state index in [-0.39, 0.29) is 11.9 Å². The van der Waals surface area contributed by atoms with Crippen molar-refractivity contribution in [1.82, 2.24) is 4.90 Å². The quantitative estimate of drug-likeness (QED) is 0.737. The minimum absolute atomic E-state index is 0.107. The number of fused-ring (bicyclic) bond motifs is 2. The maximum absolute atomic E-state index is 6.48. The number of methoxy groups -OCH3 is 1. The van der Waals surface area contributed by atoms with Gasteiger partial charge in [-0.05, 0) is 43.5 Å². The average molecular weight is 317 g/mol. The van der Waals surface area contributed by atoms with E-state index >= 15 is 0 Å². The van der Waals surface area contributed by atoms with Gasteiger partial charge in [-0.1, -0.05) is 50.5 Å². The zero-order chi connectivity index (χ0) is 16.1. The van der Waals surface area contributed by atoms with E-state index in [1.165, 1.54) is 56.3 Å². The van der Waals surface area contributed by atoms with Crippen LogP contribution in [0.1, 0.15) is 56.6 Å². The first kappa shape index (κ1) is 16.9. The van der Waals surface area contributed by atoms with E-state index in [1.807, 2.05) is 0 Å². The van der Waals surface area contributed by atoms with E-state index in [1.54, 1.807) is 7.11 Å². The number of hydrogen-bond acceptors (Lipinski definition) is 3. The van der Waals surface area contributed by atoms with Crippen LogP contribution in [0.3, 0.4) is 0 Å². The smallest absolute Gasteiger partial charge is 0.162 e. The Balaban J connectivity index is 1.74. The van der Waals surface area contributed by atoms with Gasteiger partial charge in [0.05, 0.1) is 0 Å². The zero-order valence-electron chi connectivity index (χ0n) is 14.7. The summed E-state index contributed by atoms with van der Waals surface area (Å²) in [6.07, 6.45) is 8.38. The van der Waals surface area contributed by atoms with Crippen LogP contribution in [-0.2, 0) is 21.5 Å². The summed E-state index contributed by atoms with van der Waals surface area (Å²) in [5, 5.41) is 0. The molecule has 2 heterocycles. The molecule has 1 spiro atoms. The highest BCUT2D eigenvalue weighted by Gasteiger charge is 2.44. The Hall–Kier alpha value is -0.900. The lowest BCUT2D eigenvalue weighted by atomic mass is 9.80. The Morgan fingerprint density at radius 2 is 2.13 bits per heavy atom. The molecule has 0 aromatic heterocycles. The van der Waals surface area contributed by atoms with Crippen LogP contribution in [0.2, 0.25) is 0 Å². The van der Waals surface area contributed by atoms with E-state index < -0.39 is 0 Å². The number of piperidine rings is 1. The molecule has 2 aliphatic heterocycles. The molecule has 0 amide bonds. The molecule has 3 heteroatoms. The predicted molar refractivity (Wildman–Crippen MR) is 93.5 cm³/mol. The summed E-state index contributed by atoms with van der Waals surface area (Å²) in [5.41, 5.74) is 2.63. The van der Waals surface area contributed by atoms with Crippen LogP contribution in [0.4, 0.5) is 0 Å². The molecule has 2 atom stereocenters. The summed E-state index contributed by atoms with van der Waals surface area (Å²) in [6.45, 7) is 5.69. The molecule has 0 bridgehead atoms. The molecule has 1 aromatic carbocycles. The molecule has 3 nitrogen and oxygen atoms in total. The predicted octanol–water partition coefficient (Wildman–Crippen LogP) is 4.10. The van der Waals surface area contributed by atoms with Gasteiger partial charge >= 0.3 is 0 Å². The van der Waals surface area contributed by atoms with Crippen molar-refractivity contribution in [2.75, 3.05) is 26.7 Å². The first-order valence-electron chi connectivity index (χ1n) is 9.29. The van der Waals surface area contributed by atoms with Crippen molar-refractivity contribution in [2.24, 2.45) is 0 Å². The molecule has 23 heavy (non-hydrogen) atoms. The Kier molecular flexibility index (Phi) is 5.73. The van der Waals surface area contributed by atoms with E-state index in [0.717, 1.165) is 19.4 Å². The van der Waals surface area contributed by atoms with Crippen molar-refractivity contribution in [3.05, 3.63) is 35.4 Å². The molecule has 1 saturated heterocycles. The molecular weight excluding hydrogens is 286 g/mol. The van der Waals surface area contributed by atoms with E-state index in [4.69, 9.17) is 9.47 Å². The largest absolute Gasteiger partial charge is 0.355 e. The lowest BCUT2D eigenvalue weighted by molar-refractivity contribution is -0.228. The molecule has 0 radical (unpaired) electrons. The number of benzene rings is 1. The number of rotatable bonds is 6. The van der Waals surface area contributed by atoms with Crippen LogP contribution in [0.15, 0.2) is 24.3 Å². The van der Waals surface area contributed by atoms with Crippen LogP contribution in [0, 0.1) is 0 Å². The SMILES string of the molecule is CCCCCCN1CCC[C@@]2(C1)O[C@H](OC)Cc1ccccc12. The van der Waals surface area contributed by atoms with Crippen LogP contribution in [0.5, 0.6) is 0 Å². The zero-order valence-corrected chi connectivity index (χ0v) is 14.7. The highest BCUT2D eigenvalue weighted by atomic mass is 16.7. The molecule has 3 rings (SSSR count). The second-order valence-electron chi connectivity index (χ2n) is 7.08. The van der Waals surface area contributed by atoms with Gasteiger partial charge in [-0.15, -0.1) is 0 Å². The second kappa shape index (κ2) is 7.78. The maximum Gasteiger partial charge on any atom is 0.162 e. The number of hydrogen-bond donors (Lipinski definition) is 0. The van der Waals surface area contributed by atoms with Gasteiger partial charge in [0.1, 0.15) is 5.60 Å². The van der Waals surface area contributed by atoms with Gasteiger partial charge in [0, 0.05) is 20.1 Å². The normalized spacial score (nSPS) is 28.0. The summed E-state index contributed by atoms with van der Waals surface area (Å²) < 4.78 is 12.1. The van der Waals surface area contributed by atoms with Crippen molar-refractivity contribution >= 4 is 0 Å². The van der Waals surface area contributed by atoms with Crippen LogP contribution in [-0.4, -0.2) is 37.9 Å². The van der Waals surface area contributed by atoms with Crippen LogP contribution in [0.25, 0.3) is 0 Å². The number of ether oxygens (including phenoxy) is 2. The van der Waals surface area contributed by atoms with Gasteiger partial charge in [-0.3, -0.25) is 0 Å².